The summed E-state index contributed by atoms with van der Waals surface area (Å²) in [5.74, 6) is -0.622. The molecule has 4 heteroatoms. The van der Waals surface area contributed by atoms with E-state index in [1.165, 1.54) is 0 Å². The van der Waals surface area contributed by atoms with Crippen molar-refractivity contribution in [2.24, 2.45) is 0 Å². The standard InChI is InChI=1S/C51H32N4/c1-4-14-33(15-5-1)49-52-50(34-16-6-2-7-17-34)54-51(53-49)37-25-28-42-44-30-35(24-27-41(44)39-20-10-11-21-40(39)45(42)32-37)36-26-29-48-46(31-36)43-22-12-13-23-47(43)55(48)38-18-8-3-9-19-38/h1-32H/i1D,2D,4D,5D,6D,7D,14D,15D,16D,17D. The molecule has 0 saturated carbocycles. The third-order valence-electron chi connectivity index (χ3n) is 10.2. The van der Waals surface area contributed by atoms with Gasteiger partial charge in [-0.1, -0.05) is 151 Å². The van der Waals surface area contributed by atoms with Gasteiger partial charge in [-0.3, -0.25) is 0 Å². The van der Waals surface area contributed by atoms with Crippen LogP contribution in [0.25, 0.3) is 105 Å². The van der Waals surface area contributed by atoms with E-state index in [0.29, 0.717) is 5.56 Å². The summed E-state index contributed by atoms with van der Waals surface area (Å²) in [5.41, 5.74) is 5.22. The van der Waals surface area contributed by atoms with Gasteiger partial charge in [-0.2, -0.15) is 0 Å². The van der Waals surface area contributed by atoms with Crippen molar-refractivity contribution in [2.45, 2.75) is 0 Å². The maximum absolute atomic E-state index is 8.74. The number of hydrogen-bond donors (Lipinski definition) is 0. The van der Waals surface area contributed by atoms with Gasteiger partial charge >= 0.3 is 0 Å². The summed E-state index contributed by atoms with van der Waals surface area (Å²) >= 11 is 0. The topological polar surface area (TPSA) is 43.6 Å². The Morgan fingerprint density at radius 3 is 1.42 bits per heavy atom. The summed E-state index contributed by atoms with van der Waals surface area (Å²) in [4.78, 5) is 13.8. The minimum atomic E-state index is -0.602. The first-order valence-corrected chi connectivity index (χ1v) is 17.8. The first-order valence-electron chi connectivity index (χ1n) is 22.8. The largest absolute Gasteiger partial charge is 0.309 e. The molecule has 11 rings (SSSR count). The zero-order valence-corrected chi connectivity index (χ0v) is 29.0. The van der Waals surface area contributed by atoms with Crippen molar-refractivity contribution in [2.75, 3.05) is 0 Å². The molecule has 0 aliphatic heterocycles. The van der Waals surface area contributed by atoms with Crippen molar-refractivity contribution >= 4 is 54.1 Å². The second-order valence-corrected chi connectivity index (χ2v) is 13.3. The molecule has 0 aliphatic rings. The Bertz CT molecular complexity index is 3710. The van der Waals surface area contributed by atoms with E-state index < -0.39 is 60.4 Å². The normalized spacial score (nSPS) is 14.2. The molecule has 11 aromatic rings. The third-order valence-corrected chi connectivity index (χ3v) is 10.2. The van der Waals surface area contributed by atoms with Crippen LogP contribution >= 0.6 is 0 Å². The molecular weight excluding hydrogens is 669 g/mol. The van der Waals surface area contributed by atoms with E-state index in [4.69, 9.17) is 13.7 Å². The average Bonchev–Trinajstić information content (AvgIpc) is 3.67. The fraction of sp³-hybridized carbons (Fsp3) is 0. The van der Waals surface area contributed by atoms with Crippen LogP contribution in [-0.4, -0.2) is 19.5 Å². The zero-order valence-electron chi connectivity index (χ0n) is 39.0. The molecule has 0 spiro atoms. The number of benzene rings is 9. The van der Waals surface area contributed by atoms with Gasteiger partial charge in [0.25, 0.3) is 0 Å². The smallest absolute Gasteiger partial charge is 0.164 e. The summed E-state index contributed by atoms with van der Waals surface area (Å²) < 4.78 is 87.0. The Labute approximate surface area is 331 Å². The van der Waals surface area contributed by atoms with Crippen molar-refractivity contribution in [3.63, 3.8) is 0 Å². The SMILES string of the molecule is [2H]c1c([2H])c([2H])c(-c2nc(-c3ccc4c5cc(-c6ccc7c(c6)c6ccccc6n7-c6ccccc6)ccc5c5ccccc5c4c3)nc(-c3c([2H])c([2H])c([2H])c([2H])c3[2H])n2)c([2H])c1[2H]. The van der Waals surface area contributed by atoms with E-state index in [9.17, 15) is 0 Å². The number of nitrogens with zero attached hydrogens (tertiary/aromatic N) is 4. The summed E-state index contributed by atoms with van der Waals surface area (Å²) in [6.45, 7) is 0. The molecule has 256 valence electrons. The summed E-state index contributed by atoms with van der Waals surface area (Å²) in [7, 11) is 0. The van der Waals surface area contributed by atoms with E-state index in [-0.39, 0.29) is 28.6 Å². The van der Waals surface area contributed by atoms with E-state index in [0.717, 1.165) is 70.9 Å². The molecule has 0 aliphatic carbocycles. The van der Waals surface area contributed by atoms with Gasteiger partial charge < -0.3 is 4.57 Å². The highest BCUT2D eigenvalue weighted by Gasteiger charge is 2.17. The van der Waals surface area contributed by atoms with Gasteiger partial charge in [0.05, 0.1) is 24.7 Å². The first-order chi connectivity index (χ1) is 31.4. The maximum Gasteiger partial charge on any atom is 0.164 e. The van der Waals surface area contributed by atoms with Gasteiger partial charge in [0, 0.05) is 33.2 Å². The maximum atomic E-state index is 8.74. The van der Waals surface area contributed by atoms with E-state index in [2.05, 4.69) is 98.4 Å². The predicted octanol–water partition coefficient (Wildman–Crippen LogP) is 13.1. The quantitative estimate of drug-likeness (QED) is 0.167. The summed E-state index contributed by atoms with van der Waals surface area (Å²) in [6, 6.07) is 39.8. The Morgan fingerprint density at radius 2 is 0.764 bits per heavy atom. The van der Waals surface area contributed by atoms with E-state index in [1.54, 1.807) is 0 Å². The van der Waals surface area contributed by atoms with Crippen LogP contribution < -0.4 is 0 Å². The van der Waals surface area contributed by atoms with Crippen LogP contribution in [0.5, 0.6) is 0 Å². The molecule has 2 heterocycles. The molecule has 0 radical (unpaired) electrons. The van der Waals surface area contributed by atoms with Crippen molar-refractivity contribution in [3.05, 3.63) is 194 Å². The zero-order chi connectivity index (χ0) is 45.0. The Kier molecular flexibility index (Phi) is 5.18. The highest BCUT2D eigenvalue weighted by atomic mass is 15.0. The molecule has 2 aromatic heterocycles. The fourth-order valence-electron chi connectivity index (χ4n) is 7.74. The molecular formula is C51H32N4. The van der Waals surface area contributed by atoms with Crippen molar-refractivity contribution in [1.29, 1.82) is 0 Å². The van der Waals surface area contributed by atoms with Crippen molar-refractivity contribution < 1.29 is 13.7 Å². The van der Waals surface area contributed by atoms with Gasteiger partial charge in [-0.25, -0.2) is 15.0 Å². The second-order valence-electron chi connectivity index (χ2n) is 13.3. The van der Waals surface area contributed by atoms with Crippen molar-refractivity contribution in [3.8, 4) is 51.0 Å². The van der Waals surface area contributed by atoms with Crippen LogP contribution in [0.1, 0.15) is 13.7 Å². The lowest BCUT2D eigenvalue weighted by Crippen LogP contribution is -2.00. The monoisotopic (exact) mass is 710 g/mol. The van der Waals surface area contributed by atoms with Crippen molar-refractivity contribution in [1.82, 2.24) is 19.5 Å². The highest BCUT2D eigenvalue weighted by Crippen LogP contribution is 2.40. The lowest BCUT2D eigenvalue weighted by atomic mass is 9.91. The second kappa shape index (κ2) is 12.6. The summed E-state index contributed by atoms with van der Waals surface area (Å²) in [5, 5.41) is 8.11. The van der Waals surface area contributed by atoms with Crippen LogP contribution in [0.2, 0.25) is 0 Å². The molecule has 0 amide bonds. The first kappa shape index (κ1) is 22.6. The Balaban J connectivity index is 1.13. The third kappa shape index (κ3) is 5.19. The Morgan fingerprint density at radius 1 is 0.327 bits per heavy atom. The minimum absolute atomic E-state index is 0.00594. The molecule has 9 aromatic carbocycles. The summed E-state index contributed by atoms with van der Waals surface area (Å²) in [6.07, 6.45) is 0. The molecule has 0 N–H and O–H groups in total. The molecule has 55 heavy (non-hydrogen) atoms. The van der Waals surface area contributed by atoms with Gasteiger partial charge in [0.1, 0.15) is 0 Å². The molecule has 0 fully saturated rings. The van der Waals surface area contributed by atoms with Crippen LogP contribution in [0.3, 0.4) is 0 Å². The van der Waals surface area contributed by atoms with Crippen LogP contribution in [-0.2, 0) is 0 Å². The fourth-order valence-corrected chi connectivity index (χ4v) is 7.74. The molecule has 4 nitrogen and oxygen atoms in total. The molecule has 0 unspecified atom stereocenters. The Hall–Kier alpha value is -7.43. The average molecular weight is 711 g/mol. The van der Waals surface area contributed by atoms with Gasteiger partial charge in [-0.05, 0) is 85.9 Å². The molecule has 0 atom stereocenters. The highest BCUT2D eigenvalue weighted by molar-refractivity contribution is 6.26. The van der Waals surface area contributed by atoms with Gasteiger partial charge in [0.15, 0.2) is 17.5 Å². The van der Waals surface area contributed by atoms with Crippen LogP contribution in [0, 0.1) is 0 Å². The van der Waals surface area contributed by atoms with Gasteiger partial charge in [-0.15, -0.1) is 0 Å². The lowest BCUT2D eigenvalue weighted by molar-refractivity contribution is 1.07. The number of rotatable bonds is 5. The number of para-hydroxylation sites is 2. The number of hydrogen-bond acceptors (Lipinski definition) is 3. The number of aromatic nitrogens is 4. The molecule has 0 saturated heterocycles. The minimum Gasteiger partial charge on any atom is -0.309 e. The van der Waals surface area contributed by atoms with E-state index >= 15 is 0 Å². The number of fused-ring (bicyclic) bond motifs is 9. The van der Waals surface area contributed by atoms with Gasteiger partial charge in [0.2, 0.25) is 0 Å². The lowest BCUT2D eigenvalue weighted by Gasteiger charge is -2.14. The predicted molar refractivity (Wildman–Crippen MR) is 228 cm³/mol. The van der Waals surface area contributed by atoms with E-state index in [1.807, 2.05) is 54.6 Å². The molecule has 0 bridgehead atoms. The van der Waals surface area contributed by atoms with Crippen LogP contribution in [0.15, 0.2) is 194 Å². The van der Waals surface area contributed by atoms with Crippen LogP contribution in [0.4, 0.5) is 0 Å².